The number of hydrogen-bond donors (Lipinski definition) is 1. The number of aromatic nitrogens is 1. The predicted molar refractivity (Wildman–Crippen MR) is 66.3 cm³/mol. The summed E-state index contributed by atoms with van der Waals surface area (Å²) < 4.78 is 5.36. The number of nitrogens with one attached hydrogen (secondary N) is 1. The fourth-order valence-corrected chi connectivity index (χ4v) is 2.35. The lowest BCUT2D eigenvalue weighted by Crippen LogP contribution is -2.46. The van der Waals surface area contributed by atoms with Crippen LogP contribution in [-0.4, -0.2) is 54.7 Å². The van der Waals surface area contributed by atoms with Crippen LogP contribution in [0.4, 0.5) is 0 Å². The molecule has 0 radical (unpaired) electrons. The molecule has 1 saturated heterocycles. The second-order valence-electron chi connectivity index (χ2n) is 4.09. The first-order valence-corrected chi connectivity index (χ1v) is 6.70. The van der Waals surface area contributed by atoms with E-state index in [4.69, 9.17) is 4.74 Å². The molecular weight excluding hydrogens is 238 g/mol. The molecule has 0 bridgehead atoms. The normalized spacial score (nSPS) is 21.4. The number of carbonyl (C=O) groups is 1. The summed E-state index contributed by atoms with van der Waals surface area (Å²) in [5.41, 5.74) is 2.17. The van der Waals surface area contributed by atoms with E-state index >= 15 is 0 Å². The molecule has 17 heavy (non-hydrogen) atoms. The Kier molecular flexibility index (Phi) is 4.47. The van der Waals surface area contributed by atoms with E-state index in [0.29, 0.717) is 18.3 Å². The van der Waals surface area contributed by atoms with Crippen molar-refractivity contribution in [3.63, 3.8) is 0 Å². The van der Waals surface area contributed by atoms with E-state index in [2.05, 4.69) is 22.1 Å². The van der Waals surface area contributed by atoms with Gasteiger partial charge < -0.3 is 10.1 Å². The average Bonchev–Trinajstić information content (AvgIpc) is 2.85. The Labute approximate surface area is 105 Å². The Morgan fingerprint density at radius 1 is 1.76 bits per heavy atom. The molecule has 1 aromatic rings. The Balaban J connectivity index is 1.70. The van der Waals surface area contributed by atoms with Crippen molar-refractivity contribution < 1.29 is 9.53 Å². The molecule has 1 N–H and O–H groups in total. The van der Waals surface area contributed by atoms with Gasteiger partial charge in [-0.2, -0.15) is 0 Å². The molecule has 6 heteroatoms. The van der Waals surface area contributed by atoms with Gasteiger partial charge in [0.15, 0.2) is 0 Å². The summed E-state index contributed by atoms with van der Waals surface area (Å²) in [6, 6.07) is 0.430. The summed E-state index contributed by atoms with van der Waals surface area (Å²) in [4.78, 5) is 17.9. The summed E-state index contributed by atoms with van der Waals surface area (Å²) in [5, 5.41) is 4.63. The third-order valence-electron chi connectivity index (χ3n) is 2.85. The zero-order valence-electron chi connectivity index (χ0n) is 9.89. The largest absolute Gasteiger partial charge is 0.379 e. The van der Waals surface area contributed by atoms with Gasteiger partial charge in [0.25, 0.3) is 5.91 Å². The topological polar surface area (TPSA) is 54.5 Å². The molecule has 1 unspecified atom stereocenters. The van der Waals surface area contributed by atoms with Gasteiger partial charge in [-0.15, -0.1) is 11.3 Å². The van der Waals surface area contributed by atoms with Gasteiger partial charge in [-0.25, -0.2) is 4.98 Å². The molecule has 94 valence electrons. The minimum atomic E-state index is -0.0906. The van der Waals surface area contributed by atoms with Gasteiger partial charge in [0.05, 0.1) is 18.7 Å². The Morgan fingerprint density at radius 3 is 3.35 bits per heavy atom. The summed E-state index contributed by atoms with van der Waals surface area (Å²) >= 11 is 1.43. The number of amides is 1. The second-order valence-corrected chi connectivity index (χ2v) is 4.81. The maximum Gasteiger partial charge on any atom is 0.270 e. The van der Waals surface area contributed by atoms with Gasteiger partial charge in [0.2, 0.25) is 0 Å². The minimum absolute atomic E-state index is 0.0906. The first-order valence-electron chi connectivity index (χ1n) is 5.75. The molecular formula is C11H17N3O2S. The summed E-state index contributed by atoms with van der Waals surface area (Å²) in [5.74, 6) is -0.0906. The minimum Gasteiger partial charge on any atom is -0.379 e. The Hall–Kier alpha value is -0.980. The summed E-state index contributed by atoms with van der Waals surface area (Å²) in [6.45, 7) is 6.15. The van der Waals surface area contributed by atoms with E-state index in [9.17, 15) is 4.79 Å². The Morgan fingerprint density at radius 2 is 2.65 bits per heavy atom. The smallest absolute Gasteiger partial charge is 0.270 e. The van der Waals surface area contributed by atoms with Gasteiger partial charge in [-0.1, -0.05) is 0 Å². The maximum atomic E-state index is 11.6. The number of hydrogen-bond acceptors (Lipinski definition) is 5. The van der Waals surface area contributed by atoms with Crippen molar-refractivity contribution in [3.8, 4) is 0 Å². The van der Waals surface area contributed by atoms with Crippen molar-refractivity contribution >= 4 is 17.2 Å². The van der Waals surface area contributed by atoms with Gasteiger partial charge in [-0.05, 0) is 6.92 Å². The number of carbonyl (C=O) groups excluding carboxylic acids is 1. The number of ether oxygens (including phenoxy) is 1. The van der Waals surface area contributed by atoms with Crippen LogP contribution in [0.15, 0.2) is 10.9 Å². The molecule has 1 fully saturated rings. The van der Waals surface area contributed by atoms with Crippen LogP contribution in [0.25, 0.3) is 0 Å². The number of nitrogens with zero attached hydrogens (tertiary/aromatic N) is 2. The van der Waals surface area contributed by atoms with Crippen LogP contribution in [0.3, 0.4) is 0 Å². The zero-order chi connectivity index (χ0) is 12.1. The van der Waals surface area contributed by atoms with Crippen LogP contribution in [0.1, 0.15) is 17.4 Å². The monoisotopic (exact) mass is 255 g/mol. The molecule has 0 spiro atoms. The fourth-order valence-electron chi connectivity index (χ4n) is 1.82. The molecule has 0 saturated carbocycles. The van der Waals surface area contributed by atoms with Crippen molar-refractivity contribution in [2.75, 3.05) is 32.8 Å². The van der Waals surface area contributed by atoms with Crippen LogP contribution < -0.4 is 5.32 Å². The molecule has 2 heterocycles. The highest BCUT2D eigenvalue weighted by Crippen LogP contribution is 2.05. The van der Waals surface area contributed by atoms with E-state index in [1.54, 1.807) is 10.9 Å². The van der Waals surface area contributed by atoms with E-state index in [1.165, 1.54) is 11.3 Å². The van der Waals surface area contributed by atoms with Crippen LogP contribution >= 0.6 is 11.3 Å². The highest BCUT2D eigenvalue weighted by atomic mass is 32.1. The molecule has 2 rings (SSSR count). The first kappa shape index (κ1) is 12.5. The average molecular weight is 255 g/mol. The Bertz CT molecular complexity index is 356. The molecule has 1 aliphatic heterocycles. The SMILES string of the molecule is CC1COCCN1CCNC(=O)c1cscn1. The first-order chi connectivity index (χ1) is 8.27. The number of thiazole rings is 1. The third-order valence-corrected chi connectivity index (χ3v) is 3.44. The lowest BCUT2D eigenvalue weighted by atomic mass is 10.2. The van der Waals surface area contributed by atoms with Crippen LogP contribution in [0.2, 0.25) is 0 Å². The quantitative estimate of drug-likeness (QED) is 0.856. The molecule has 1 atom stereocenters. The lowest BCUT2D eigenvalue weighted by molar-refractivity contribution is 0.000535. The van der Waals surface area contributed by atoms with E-state index in [0.717, 1.165) is 26.3 Å². The molecule has 0 aromatic carbocycles. The molecule has 1 aromatic heterocycles. The second kappa shape index (κ2) is 6.09. The van der Waals surface area contributed by atoms with Gasteiger partial charge in [0, 0.05) is 31.1 Å². The van der Waals surface area contributed by atoms with Crippen molar-refractivity contribution in [2.24, 2.45) is 0 Å². The van der Waals surface area contributed by atoms with Crippen molar-refractivity contribution in [1.29, 1.82) is 0 Å². The van der Waals surface area contributed by atoms with Crippen LogP contribution in [0, 0.1) is 0 Å². The standard InChI is InChI=1S/C11H17N3O2S/c1-9-6-16-5-4-14(9)3-2-12-11(15)10-7-17-8-13-10/h7-9H,2-6H2,1H3,(H,12,15). The molecule has 5 nitrogen and oxygen atoms in total. The molecule has 0 aliphatic carbocycles. The molecule has 1 amide bonds. The van der Waals surface area contributed by atoms with Crippen molar-refractivity contribution in [2.45, 2.75) is 13.0 Å². The lowest BCUT2D eigenvalue weighted by Gasteiger charge is -2.33. The summed E-state index contributed by atoms with van der Waals surface area (Å²) in [6.07, 6.45) is 0. The number of rotatable bonds is 4. The van der Waals surface area contributed by atoms with Gasteiger partial charge in [0.1, 0.15) is 5.69 Å². The van der Waals surface area contributed by atoms with Crippen LogP contribution in [0.5, 0.6) is 0 Å². The fraction of sp³-hybridized carbons (Fsp3) is 0.636. The van der Waals surface area contributed by atoms with Crippen molar-refractivity contribution in [1.82, 2.24) is 15.2 Å². The van der Waals surface area contributed by atoms with E-state index in [-0.39, 0.29) is 5.91 Å². The van der Waals surface area contributed by atoms with E-state index < -0.39 is 0 Å². The number of morpholine rings is 1. The van der Waals surface area contributed by atoms with Crippen molar-refractivity contribution in [3.05, 3.63) is 16.6 Å². The highest BCUT2D eigenvalue weighted by molar-refractivity contribution is 7.07. The van der Waals surface area contributed by atoms with Crippen LogP contribution in [-0.2, 0) is 4.74 Å². The van der Waals surface area contributed by atoms with E-state index in [1.807, 2.05) is 0 Å². The maximum absolute atomic E-state index is 11.6. The molecule has 1 aliphatic rings. The predicted octanol–water partition coefficient (Wildman–Crippen LogP) is 0.594. The van der Waals surface area contributed by atoms with Gasteiger partial charge in [-0.3, -0.25) is 9.69 Å². The van der Waals surface area contributed by atoms with Gasteiger partial charge >= 0.3 is 0 Å². The highest BCUT2D eigenvalue weighted by Gasteiger charge is 2.18. The zero-order valence-corrected chi connectivity index (χ0v) is 10.7. The third kappa shape index (κ3) is 3.49. The summed E-state index contributed by atoms with van der Waals surface area (Å²) in [7, 11) is 0.